The Labute approximate surface area is 114 Å². The van der Waals surface area contributed by atoms with Crippen molar-refractivity contribution in [2.24, 2.45) is 0 Å². The monoisotopic (exact) mass is 277 g/mol. The van der Waals surface area contributed by atoms with Crippen LogP contribution in [0, 0.1) is 20.8 Å². The summed E-state index contributed by atoms with van der Waals surface area (Å²) in [6.45, 7) is 5.54. The molecule has 2 aromatic rings. The van der Waals surface area contributed by atoms with E-state index in [1.54, 1.807) is 6.92 Å². The first-order chi connectivity index (χ1) is 8.95. The van der Waals surface area contributed by atoms with E-state index in [9.17, 15) is 9.59 Å². The number of ketones is 1. The summed E-state index contributed by atoms with van der Waals surface area (Å²) in [5, 5.41) is 0.475. The summed E-state index contributed by atoms with van der Waals surface area (Å²) < 4.78 is 0. The second kappa shape index (κ2) is 5.44. The van der Waals surface area contributed by atoms with E-state index < -0.39 is 0 Å². The van der Waals surface area contributed by atoms with Crippen molar-refractivity contribution in [3.8, 4) is 0 Å². The maximum absolute atomic E-state index is 12.1. The Morgan fingerprint density at radius 1 is 1.26 bits per heavy atom. The highest BCUT2D eigenvalue weighted by atomic mass is 32.2. The molecule has 2 rings (SSSR count). The molecule has 0 unspecified atom stereocenters. The molecule has 0 aliphatic carbocycles. The number of carbonyl (C=O) groups is 1. The Balaban J connectivity index is 2.08. The van der Waals surface area contributed by atoms with Crippen molar-refractivity contribution in [3.63, 3.8) is 0 Å². The molecule has 2 N–H and O–H groups in total. The second-order valence-electron chi connectivity index (χ2n) is 4.39. The van der Waals surface area contributed by atoms with Gasteiger partial charge in [0.25, 0.3) is 5.56 Å². The molecule has 0 spiro atoms. The predicted octanol–water partition coefficient (Wildman–Crippen LogP) is 2.00. The fraction of sp³-hybridized carbons (Fsp3) is 0.308. The van der Waals surface area contributed by atoms with Crippen LogP contribution in [0.25, 0.3) is 0 Å². The van der Waals surface area contributed by atoms with Crippen molar-refractivity contribution in [2.75, 3.05) is 5.75 Å². The highest BCUT2D eigenvalue weighted by Gasteiger charge is 2.12. The first-order valence-electron chi connectivity index (χ1n) is 5.86. The number of aromatic nitrogens is 3. The number of aromatic amines is 2. The van der Waals surface area contributed by atoms with E-state index >= 15 is 0 Å². The van der Waals surface area contributed by atoms with Gasteiger partial charge in [0.05, 0.1) is 5.75 Å². The molecule has 0 fully saturated rings. The van der Waals surface area contributed by atoms with Gasteiger partial charge in [0.1, 0.15) is 0 Å². The molecule has 0 amide bonds. The Bertz CT molecular complexity index is 673. The number of nitrogens with one attached hydrogen (secondary N) is 2. The number of nitrogens with zero attached hydrogens (tertiary/aromatic N) is 1. The fourth-order valence-electron chi connectivity index (χ4n) is 1.85. The lowest BCUT2D eigenvalue weighted by Gasteiger charge is -2.01. The molecule has 0 atom stereocenters. The molecular weight excluding hydrogens is 262 g/mol. The van der Waals surface area contributed by atoms with Crippen molar-refractivity contribution in [1.29, 1.82) is 0 Å². The largest absolute Gasteiger partial charge is 0.362 e. The molecule has 0 saturated heterocycles. The molecule has 19 heavy (non-hydrogen) atoms. The van der Waals surface area contributed by atoms with Gasteiger partial charge in [-0.05, 0) is 26.8 Å². The summed E-state index contributed by atoms with van der Waals surface area (Å²) in [5.74, 6) is 0.279. The summed E-state index contributed by atoms with van der Waals surface area (Å²) >= 11 is 1.24. The van der Waals surface area contributed by atoms with Crippen LogP contribution >= 0.6 is 11.8 Å². The third-order valence-corrected chi connectivity index (χ3v) is 3.51. The Kier molecular flexibility index (Phi) is 3.90. The number of H-pyrrole nitrogens is 2. The Morgan fingerprint density at radius 3 is 2.58 bits per heavy atom. The van der Waals surface area contributed by atoms with Crippen LogP contribution in [0.4, 0.5) is 0 Å². The van der Waals surface area contributed by atoms with Crippen molar-refractivity contribution in [2.45, 2.75) is 25.9 Å². The van der Waals surface area contributed by atoms with E-state index in [1.165, 1.54) is 17.8 Å². The van der Waals surface area contributed by atoms with Gasteiger partial charge >= 0.3 is 0 Å². The standard InChI is InChI=1S/C13H15N3O2S/c1-7-4-10(9(3)14-7)11(17)6-19-13-15-8(2)5-12(18)16-13/h4-5,14H,6H2,1-3H3,(H,15,16,18). The summed E-state index contributed by atoms with van der Waals surface area (Å²) in [6.07, 6.45) is 0. The van der Waals surface area contributed by atoms with Crippen LogP contribution in [-0.2, 0) is 0 Å². The predicted molar refractivity (Wildman–Crippen MR) is 74.9 cm³/mol. The van der Waals surface area contributed by atoms with Gasteiger partial charge < -0.3 is 9.97 Å². The average Bonchev–Trinajstić information content (AvgIpc) is 2.64. The fourth-order valence-corrected chi connectivity index (χ4v) is 2.65. The second-order valence-corrected chi connectivity index (χ2v) is 5.36. The SMILES string of the molecule is Cc1cc(=O)[nH]c(SCC(=O)c2cc(C)[nH]c2C)n1. The minimum Gasteiger partial charge on any atom is -0.362 e. The van der Waals surface area contributed by atoms with Gasteiger partial charge in [-0.3, -0.25) is 9.59 Å². The molecule has 6 heteroatoms. The van der Waals surface area contributed by atoms with E-state index in [-0.39, 0.29) is 17.1 Å². The normalized spacial score (nSPS) is 10.7. The third kappa shape index (κ3) is 3.35. The van der Waals surface area contributed by atoms with Crippen molar-refractivity contribution in [3.05, 3.63) is 45.1 Å². The van der Waals surface area contributed by atoms with Crippen LogP contribution in [0.15, 0.2) is 22.1 Å². The molecule has 0 radical (unpaired) electrons. The molecule has 0 bridgehead atoms. The van der Waals surface area contributed by atoms with Gasteiger partial charge in [0.2, 0.25) is 0 Å². The van der Waals surface area contributed by atoms with Crippen molar-refractivity contribution in [1.82, 2.24) is 15.0 Å². The van der Waals surface area contributed by atoms with Crippen LogP contribution < -0.4 is 5.56 Å². The quantitative estimate of drug-likeness (QED) is 0.509. The third-order valence-electron chi connectivity index (χ3n) is 2.64. The molecule has 0 saturated carbocycles. The molecule has 0 aliphatic rings. The average molecular weight is 277 g/mol. The van der Waals surface area contributed by atoms with E-state index in [2.05, 4.69) is 15.0 Å². The maximum Gasteiger partial charge on any atom is 0.251 e. The zero-order valence-electron chi connectivity index (χ0n) is 11.0. The number of thioether (sulfide) groups is 1. The lowest BCUT2D eigenvalue weighted by Crippen LogP contribution is -2.10. The number of Topliss-reactive ketones (excluding diaryl/α,β-unsaturated/α-hetero) is 1. The first kappa shape index (κ1) is 13.6. The van der Waals surface area contributed by atoms with Crippen LogP contribution in [-0.4, -0.2) is 26.5 Å². The number of rotatable bonds is 4. The van der Waals surface area contributed by atoms with Gasteiger partial charge in [-0.15, -0.1) is 0 Å². The van der Waals surface area contributed by atoms with E-state index in [0.717, 1.165) is 11.4 Å². The topological polar surface area (TPSA) is 78.6 Å². The van der Waals surface area contributed by atoms with Crippen LogP contribution in [0.2, 0.25) is 0 Å². The molecule has 2 aromatic heterocycles. The van der Waals surface area contributed by atoms with Crippen LogP contribution in [0.3, 0.4) is 0 Å². The molecule has 0 aromatic carbocycles. The number of aryl methyl sites for hydroxylation is 3. The Morgan fingerprint density at radius 2 is 2.00 bits per heavy atom. The molecule has 2 heterocycles. The van der Waals surface area contributed by atoms with Gasteiger partial charge in [-0.1, -0.05) is 11.8 Å². The zero-order chi connectivity index (χ0) is 14.0. The van der Waals surface area contributed by atoms with E-state index in [4.69, 9.17) is 0 Å². The number of hydrogen-bond acceptors (Lipinski definition) is 4. The summed E-state index contributed by atoms with van der Waals surface area (Å²) in [5.41, 5.74) is 2.98. The first-order valence-corrected chi connectivity index (χ1v) is 6.84. The van der Waals surface area contributed by atoms with Crippen LogP contribution in [0.5, 0.6) is 0 Å². The van der Waals surface area contributed by atoms with Gasteiger partial charge in [0, 0.05) is 28.7 Å². The minimum atomic E-state index is -0.198. The summed E-state index contributed by atoms with van der Waals surface area (Å²) in [6, 6.07) is 3.26. The lowest BCUT2D eigenvalue weighted by molar-refractivity contribution is 0.102. The van der Waals surface area contributed by atoms with E-state index in [0.29, 0.717) is 16.4 Å². The number of carbonyl (C=O) groups excluding carboxylic acids is 1. The molecule has 5 nitrogen and oxygen atoms in total. The number of hydrogen-bond donors (Lipinski definition) is 2. The lowest BCUT2D eigenvalue weighted by atomic mass is 10.2. The smallest absolute Gasteiger partial charge is 0.251 e. The van der Waals surface area contributed by atoms with Gasteiger partial charge in [-0.2, -0.15) is 0 Å². The van der Waals surface area contributed by atoms with E-state index in [1.807, 2.05) is 19.9 Å². The Hall–Kier alpha value is -1.82. The van der Waals surface area contributed by atoms with Gasteiger partial charge in [0.15, 0.2) is 10.9 Å². The molecule has 0 aliphatic heterocycles. The summed E-state index contributed by atoms with van der Waals surface area (Å²) in [4.78, 5) is 33.2. The zero-order valence-corrected chi connectivity index (χ0v) is 11.9. The summed E-state index contributed by atoms with van der Waals surface area (Å²) in [7, 11) is 0. The molecule has 100 valence electrons. The van der Waals surface area contributed by atoms with Crippen molar-refractivity contribution < 1.29 is 4.79 Å². The highest BCUT2D eigenvalue weighted by Crippen LogP contribution is 2.16. The molecular formula is C13H15N3O2S. The van der Waals surface area contributed by atoms with Crippen molar-refractivity contribution >= 4 is 17.5 Å². The highest BCUT2D eigenvalue weighted by molar-refractivity contribution is 7.99. The van der Waals surface area contributed by atoms with Gasteiger partial charge in [-0.25, -0.2) is 4.98 Å². The van der Waals surface area contributed by atoms with Crippen LogP contribution in [0.1, 0.15) is 27.4 Å². The maximum atomic E-state index is 12.1. The minimum absolute atomic E-state index is 0.0241.